The molecule has 1 aliphatic carbocycles. The van der Waals surface area contributed by atoms with E-state index in [-0.39, 0.29) is 35.6 Å². The summed E-state index contributed by atoms with van der Waals surface area (Å²) in [4.78, 5) is 23.0. The van der Waals surface area contributed by atoms with Crippen molar-refractivity contribution in [3.8, 4) is 0 Å². The first-order valence-electron chi connectivity index (χ1n) is 7.11. The van der Waals surface area contributed by atoms with Gasteiger partial charge < -0.3 is 10.1 Å². The van der Waals surface area contributed by atoms with Crippen molar-refractivity contribution in [2.75, 3.05) is 12.4 Å². The number of ether oxygens (including phenoxy) is 1. The Bertz CT molecular complexity index is 647. The van der Waals surface area contributed by atoms with E-state index in [0.717, 1.165) is 18.4 Å². The predicted octanol–water partition coefficient (Wildman–Crippen LogP) is 0.981. The first-order valence-corrected chi connectivity index (χ1v) is 8.76. The minimum atomic E-state index is -3.52. The van der Waals surface area contributed by atoms with Crippen LogP contribution >= 0.6 is 0 Å². The highest BCUT2D eigenvalue weighted by Gasteiger charge is 2.24. The lowest BCUT2D eigenvalue weighted by Crippen LogP contribution is -2.30. The van der Waals surface area contributed by atoms with Crippen LogP contribution in [0.4, 0.5) is 0 Å². The van der Waals surface area contributed by atoms with Gasteiger partial charge in [0.25, 0.3) is 5.91 Å². The molecular formula is C15H19NO5S. The van der Waals surface area contributed by atoms with Crippen molar-refractivity contribution < 1.29 is 22.7 Å². The van der Waals surface area contributed by atoms with Crippen LogP contribution in [-0.4, -0.2) is 38.7 Å². The van der Waals surface area contributed by atoms with Crippen LogP contribution in [0.5, 0.6) is 0 Å². The molecule has 0 atom stereocenters. The summed E-state index contributed by atoms with van der Waals surface area (Å²) in [5.74, 6) is -1.38. The molecule has 1 N–H and O–H groups in total. The molecule has 0 bridgehead atoms. The molecule has 1 aliphatic rings. The summed E-state index contributed by atoms with van der Waals surface area (Å²) in [6.07, 6.45) is 1.63. The Labute approximate surface area is 129 Å². The van der Waals surface area contributed by atoms with E-state index >= 15 is 0 Å². The second-order valence-electron chi connectivity index (χ2n) is 5.38. The Hall–Kier alpha value is -1.89. The average Bonchev–Trinajstić information content (AvgIpc) is 3.27. The highest BCUT2D eigenvalue weighted by Crippen LogP contribution is 2.18. The van der Waals surface area contributed by atoms with Gasteiger partial charge in [0.05, 0.1) is 17.1 Å². The SMILES string of the molecule is Cc1ccc(S(=O)(=O)CCC(=O)OCC(=O)NC2CC2)cc1. The monoisotopic (exact) mass is 325 g/mol. The summed E-state index contributed by atoms with van der Waals surface area (Å²) in [7, 11) is -3.52. The molecule has 1 aromatic carbocycles. The van der Waals surface area contributed by atoms with Crippen LogP contribution in [0.3, 0.4) is 0 Å². The van der Waals surface area contributed by atoms with Gasteiger partial charge in [-0.3, -0.25) is 9.59 Å². The zero-order chi connectivity index (χ0) is 16.2. The quantitative estimate of drug-likeness (QED) is 0.755. The molecule has 6 nitrogen and oxygen atoms in total. The Morgan fingerprint density at radius 3 is 2.45 bits per heavy atom. The zero-order valence-electron chi connectivity index (χ0n) is 12.4. The zero-order valence-corrected chi connectivity index (χ0v) is 13.2. The molecule has 22 heavy (non-hydrogen) atoms. The number of carbonyl (C=O) groups excluding carboxylic acids is 2. The third-order valence-electron chi connectivity index (χ3n) is 3.26. The topological polar surface area (TPSA) is 89.5 Å². The van der Waals surface area contributed by atoms with Gasteiger partial charge in [-0.15, -0.1) is 0 Å². The summed E-state index contributed by atoms with van der Waals surface area (Å²) in [6, 6.07) is 6.63. The Morgan fingerprint density at radius 2 is 1.86 bits per heavy atom. The highest BCUT2D eigenvalue weighted by atomic mass is 32.2. The van der Waals surface area contributed by atoms with Gasteiger partial charge in [-0.05, 0) is 31.9 Å². The maximum atomic E-state index is 12.1. The van der Waals surface area contributed by atoms with E-state index in [2.05, 4.69) is 5.32 Å². The first kappa shape index (κ1) is 16.5. The molecule has 0 unspecified atom stereocenters. The molecule has 2 rings (SSSR count). The number of sulfone groups is 1. The molecule has 0 aliphatic heterocycles. The minimum Gasteiger partial charge on any atom is -0.456 e. The maximum Gasteiger partial charge on any atom is 0.307 e. The fourth-order valence-corrected chi connectivity index (χ4v) is 3.02. The number of amides is 1. The van der Waals surface area contributed by atoms with Gasteiger partial charge in [0.1, 0.15) is 0 Å². The third kappa shape index (κ3) is 5.14. The molecule has 7 heteroatoms. The average molecular weight is 325 g/mol. The Kier molecular flexibility index (Phi) is 5.18. The number of nitrogens with one attached hydrogen (secondary N) is 1. The molecule has 0 spiro atoms. The number of benzene rings is 1. The van der Waals surface area contributed by atoms with Crippen LogP contribution < -0.4 is 5.32 Å². The molecule has 1 fully saturated rings. The van der Waals surface area contributed by atoms with Gasteiger partial charge in [0.2, 0.25) is 0 Å². The van der Waals surface area contributed by atoms with Crippen LogP contribution in [0.2, 0.25) is 0 Å². The van der Waals surface area contributed by atoms with E-state index < -0.39 is 15.8 Å². The second kappa shape index (κ2) is 6.91. The fourth-order valence-electron chi connectivity index (χ4n) is 1.80. The number of carbonyl (C=O) groups is 2. The van der Waals surface area contributed by atoms with E-state index in [1.54, 1.807) is 12.1 Å². The van der Waals surface area contributed by atoms with Crippen molar-refractivity contribution in [2.45, 2.75) is 37.1 Å². The number of rotatable bonds is 7. The van der Waals surface area contributed by atoms with Crippen LogP contribution in [-0.2, 0) is 24.2 Å². The Balaban J connectivity index is 1.76. The summed E-state index contributed by atoms with van der Waals surface area (Å²) < 4.78 is 28.9. The van der Waals surface area contributed by atoms with Gasteiger partial charge >= 0.3 is 5.97 Å². The molecular weight excluding hydrogens is 306 g/mol. The molecule has 120 valence electrons. The molecule has 0 heterocycles. The van der Waals surface area contributed by atoms with E-state index in [1.807, 2.05) is 6.92 Å². The number of esters is 1. The summed E-state index contributed by atoms with van der Waals surface area (Å²) in [5.41, 5.74) is 0.958. The largest absolute Gasteiger partial charge is 0.456 e. The number of hydrogen-bond donors (Lipinski definition) is 1. The molecule has 0 radical (unpaired) electrons. The molecule has 0 aromatic heterocycles. The number of aryl methyl sites for hydroxylation is 1. The molecule has 0 saturated heterocycles. The highest BCUT2D eigenvalue weighted by molar-refractivity contribution is 7.91. The standard InChI is InChI=1S/C15H19NO5S/c1-11-2-6-13(7-3-11)22(19,20)9-8-15(18)21-10-14(17)16-12-4-5-12/h2-3,6-7,12H,4-5,8-10H2,1H3,(H,16,17). The van der Waals surface area contributed by atoms with Crippen LogP contribution in [0, 0.1) is 6.92 Å². The van der Waals surface area contributed by atoms with Gasteiger partial charge in [0.15, 0.2) is 16.4 Å². The van der Waals surface area contributed by atoms with Crippen LogP contribution in [0.25, 0.3) is 0 Å². The van der Waals surface area contributed by atoms with Gasteiger partial charge in [-0.2, -0.15) is 0 Å². The van der Waals surface area contributed by atoms with Crippen molar-refractivity contribution in [2.24, 2.45) is 0 Å². The summed E-state index contributed by atoms with van der Waals surface area (Å²) >= 11 is 0. The predicted molar refractivity (Wildman–Crippen MR) is 80.0 cm³/mol. The van der Waals surface area contributed by atoms with Crippen molar-refractivity contribution >= 4 is 21.7 Å². The van der Waals surface area contributed by atoms with E-state index in [1.165, 1.54) is 12.1 Å². The lowest BCUT2D eigenvalue weighted by molar-refractivity contribution is -0.148. The summed E-state index contributed by atoms with van der Waals surface area (Å²) in [6.45, 7) is 1.50. The smallest absolute Gasteiger partial charge is 0.307 e. The van der Waals surface area contributed by atoms with E-state index in [0.29, 0.717) is 0 Å². The Morgan fingerprint density at radius 1 is 1.23 bits per heavy atom. The lowest BCUT2D eigenvalue weighted by atomic mass is 10.2. The van der Waals surface area contributed by atoms with Crippen molar-refractivity contribution in [3.63, 3.8) is 0 Å². The van der Waals surface area contributed by atoms with E-state index in [4.69, 9.17) is 4.74 Å². The van der Waals surface area contributed by atoms with Crippen molar-refractivity contribution in [1.29, 1.82) is 0 Å². The minimum absolute atomic E-state index is 0.178. The fraction of sp³-hybridized carbons (Fsp3) is 0.467. The lowest BCUT2D eigenvalue weighted by Gasteiger charge is -2.06. The number of hydrogen-bond acceptors (Lipinski definition) is 5. The normalized spacial score (nSPS) is 14.4. The molecule has 1 amide bonds. The van der Waals surface area contributed by atoms with Crippen molar-refractivity contribution in [1.82, 2.24) is 5.32 Å². The van der Waals surface area contributed by atoms with Crippen LogP contribution in [0.1, 0.15) is 24.8 Å². The molecule has 1 saturated carbocycles. The first-order chi connectivity index (χ1) is 10.4. The maximum absolute atomic E-state index is 12.1. The molecule has 1 aromatic rings. The van der Waals surface area contributed by atoms with Gasteiger partial charge in [0, 0.05) is 6.04 Å². The van der Waals surface area contributed by atoms with Gasteiger partial charge in [-0.25, -0.2) is 8.42 Å². The van der Waals surface area contributed by atoms with Gasteiger partial charge in [-0.1, -0.05) is 17.7 Å². The second-order valence-corrected chi connectivity index (χ2v) is 7.49. The van der Waals surface area contributed by atoms with E-state index in [9.17, 15) is 18.0 Å². The van der Waals surface area contributed by atoms with Crippen molar-refractivity contribution in [3.05, 3.63) is 29.8 Å². The third-order valence-corrected chi connectivity index (χ3v) is 4.99. The summed E-state index contributed by atoms with van der Waals surface area (Å²) in [5, 5.41) is 2.68. The van der Waals surface area contributed by atoms with Crippen LogP contribution in [0.15, 0.2) is 29.2 Å².